The van der Waals surface area contributed by atoms with Crippen molar-refractivity contribution in [2.75, 3.05) is 66.1 Å². The van der Waals surface area contributed by atoms with E-state index in [9.17, 15) is 190 Å². The summed E-state index contributed by atoms with van der Waals surface area (Å²) in [5.41, 5.74) is 0. The summed E-state index contributed by atoms with van der Waals surface area (Å²) < 4.78 is 215. The monoisotopic (exact) mass is 2030 g/mol. The molecule has 776 valence electrons. The third-order valence-electron chi connectivity index (χ3n) is 22.5. The smallest absolute Gasteiger partial charge is 0.397 e. The molecule has 64 nitrogen and oxygen atoms in total. The molecule has 5 amide bonds. The highest BCUT2D eigenvalue weighted by atomic mass is 32.3. The fourth-order valence-electron chi connectivity index (χ4n) is 16.1. The van der Waals surface area contributed by atoms with Gasteiger partial charge in [0.2, 0.25) is 29.5 Å². The first-order valence-electron chi connectivity index (χ1n) is 40.4. The first-order chi connectivity index (χ1) is 62.6. The van der Waals surface area contributed by atoms with E-state index < -0.39 is 421 Å². The molecule has 0 unspecified atom stereocenters. The van der Waals surface area contributed by atoms with Gasteiger partial charge in [0, 0.05) is 34.1 Å². The van der Waals surface area contributed by atoms with Gasteiger partial charge in [0.25, 0.3) is 5.79 Å². The Morgan fingerprint density at radius 3 is 0.918 bits per heavy atom. The lowest BCUT2D eigenvalue weighted by molar-refractivity contribution is -0.391. The van der Waals surface area contributed by atoms with E-state index >= 15 is 0 Å². The number of nitrogens with one attached hydrogen (secondary N) is 5. The van der Waals surface area contributed by atoms with Crippen molar-refractivity contribution in [2.24, 2.45) is 0 Å². The number of amides is 5. The van der Waals surface area contributed by atoms with E-state index in [1.807, 2.05) is 5.32 Å². The predicted octanol–water partition coefficient (Wildman–Crippen LogP) is -22.2. The minimum absolute atomic E-state index is 0.767. The van der Waals surface area contributed by atoms with E-state index in [0.29, 0.717) is 0 Å². The Hall–Kier alpha value is -5.17. The third-order valence-corrected chi connectivity index (χ3v) is 23.8. The standard InChI is InChI=1S/C67H111N5O59S3/c1-16(80)68-32-42(93)49(123-63-46(97)55(39(90)24(9-76)117-63)128-60-34(70-18(3)82)44(95)51(29(122-60)15-114-134(109,110)111)125-65-48(99)57(41(92)26(11-78)119-65)131-67(66(101)102)5-20(84)31(72-30(86)12-79)53(130-67)36(87)21(85)6-73)27(13-112-132(103,104)105)120-59(32)127-54-38(89)23(8-75)116-62(45(54)96)124-50-28(14-113-133(106,107)108)121-61(33(43(50)94)69-17(2)81)129-56-40(91)25(10-77)118-64(47(56)98)126-52-35(71-19(4)83)58(100)115-22(7-74)37(52)88/h20-29,31-65,73-79,84-85,87-100H,5-15H2,1-4H3,(H,68,80)(H,69,81)(H,70,82)(H,71,83)(H,72,86)(H,101,102)(H,103,104,105)(H,106,107,108)(H,109,110,111)/t20-,21+,22+,23+,24+,25+,26+,27+,28+,29+,31+,32+,33+,34+,35+,36+,37-,38-,39-,40-,41-,42+,43+,44+,45+,46+,47+,48+,49+,50+,51+,52+,53+,54-,55-,56-,57-,58-,59-,60-,61-,62-,63-,64-,65-,67-/m0/s1. The Morgan fingerprint density at radius 2 is 0.627 bits per heavy atom. The molecule has 9 saturated heterocycles. The molecule has 46 atom stereocenters. The van der Waals surface area contributed by atoms with Crippen LogP contribution in [0.5, 0.6) is 0 Å². The molecule has 32 N–H and O–H groups in total. The summed E-state index contributed by atoms with van der Waals surface area (Å²) in [6.45, 7) is -10.2. The Bertz CT molecular complexity index is 4210. The summed E-state index contributed by atoms with van der Waals surface area (Å²) in [7, 11) is -17.0. The van der Waals surface area contributed by atoms with Crippen molar-refractivity contribution in [3.05, 3.63) is 0 Å². The number of hydrogen-bond acceptors (Lipinski definition) is 55. The van der Waals surface area contributed by atoms with E-state index in [-0.39, 0.29) is 0 Å². The number of hydrogen-bond donors (Lipinski definition) is 32. The van der Waals surface area contributed by atoms with E-state index in [1.54, 1.807) is 0 Å². The maximum atomic E-state index is 13.3. The number of carboxylic acids is 1. The molecule has 0 aromatic heterocycles. The molecule has 9 rings (SSSR count). The van der Waals surface area contributed by atoms with Crippen LogP contribution < -0.4 is 26.6 Å². The zero-order chi connectivity index (χ0) is 99.9. The van der Waals surface area contributed by atoms with Gasteiger partial charge in [-0.2, -0.15) is 25.3 Å². The van der Waals surface area contributed by atoms with Crippen molar-refractivity contribution in [3.8, 4) is 0 Å². The largest absolute Gasteiger partial charge is 0.477 e. The molecule has 9 fully saturated rings. The molecule has 9 aliphatic rings. The Morgan fingerprint density at radius 1 is 0.351 bits per heavy atom. The molecule has 9 aliphatic heterocycles. The van der Waals surface area contributed by atoms with E-state index in [2.05, 4.69) is 33.8 Å². The number of aliphatic carboxylic acids is 1. The van der Waals surface area contributed by atoms with Crippen LogP contribution in [0.15, 0.2) is 0 Å². The molecular weight excluding hydrogens is 1910 g/mol. The normalized spacial score (nSPS) is 43.6. The van der Waals surface area contributed by atoms with Crippen molar-refractivity contribution in [2.45, 2.75) is 316 Å². The summed E-state index contributed by atoms with van der Waals surface area (Å²) in [5.74, 6) is -11.3. The maximum absolute atomic E-state index is 13.3. The van der Waals surface area contributed by atoms with Crippen LogP contribution in [0.4, 0.5) is 0 Å². The lowest BCUT2D eigenvalue weighted by Crippen LogP contribution is -2.71. The average Bonchev–Trinajstić information content (AvgIpc) is 0.759. The quantitative estimate of drug-likeness (QED) is 0.0253. The minimum atomic E-state index is -5.70. The van der Waals surface area contributed by atoms with Crippen LogP contribution in [0.1, 0.15) is 34.1 Å². The Balaban J connectivity index is 0.980. The minimum Gasteiger partial charge on any atom is -0.477 e. The molecule has 0 aliphatic carbocycles. The predicted molar refractivity (Wildman–Crippen MR) is 405 cm³/mol. The van der Waals surface area contributed by atoms with Gasteiger partial charge in [-0.1, -0.05) is 0 Å². The number of carbonyl (C=O) groups excluding carboxylic acids is 5. The fraction of sp³-hybridized carbons (Fsp3) is 0.910. The van der Waals surface area contributed by atoms with E-state index in [4.69, 9.17) is 80.5 Å². The number of rotatable bonds is 40. The van der Waals surface area contributed by atoms with E-state index in [1.165, 1.54) is 0 Å². The van der Waals surface area contributed by atoms with E-state index in [0.717, 1.165) is 27.7 Å². The van der Waals surface area contributed by atoms with Gasteiger partial charge in [-0.3, -0.25) is 37.6 Å². The van der Waals surface area contributed by atoms with Crippen molar-refractivity contribution in [3.63, 3.8) is 0 Å². The van der Waals surface area contributed by atoms with Crippen LogP contribution in [0.2, 0.25) is 0 Å². The number of aliphatic hydroxyl groups is 23. The first-order valence-corrected chi connectivity index (χ1v) is 44.5. The van der Waals surface area contributed by atoms with Crippen LogP contribution >= 0.6 is 0 Å². The summed E-state index contributed by atoms with van der Waals surface area (Å²) in [6, 6.07) is -10.4. The van der Waals surface area contributed by atoms with Crippen LogP contribution in [-0.2, 0) is 153 Å². The fourth-order valence-corrected chi connectivity index (χ4v) is 17.0. The maximum Gasteiger partial charge on any atom is 0.397 e. The highest BCUT2D eigenvalue weighted by molar-refractivity contribution is 7.81. The summed E-state index contributed by atoms with van der Waals surface area (Å²) in [5, 5.41) is 280. The second kappa shape index (κ2) is 47.6. The van der Waals surface area contributed by atoms with Crippen molar-refractivity contribution < 1.29 is 283 Å². The average molecular weight is 2030 g/mol. The SMILES string of the molecule is CC(=O)N[C@@H]1[C@@H](O[C@@H]2O[C@H](CO)[C@H](O)[C@H](O[C@@H]3O[C@H](COS(=O)(=O)O)[C@@H](O[C@@H]4O[C@H](CO)[C@H](O)[C@H](O[C@@H]5O[C@H](COS(=O)(=O)O)[C@@H](O[C@@H]6O[C@H](CO)[C@H](O)[C@H](O[C@@H]7O[C@H](COS(=O)(=O)O)[C@@H](O[C@@H]8O[C@H](CO)[C@H](O)[C@H](O[C@]9(C(=O)O)C[C@H](O)[C@@H](NC(=O)CO)[C@H]([C@H](O)[C@H](O)CO)O9)[C@H]8O)[C@H](O)[C@H]7NC(C)=O)[C@H]6O)[C@H](O)[C@H]5NC(C)=O)[C@H]4O)[C@H](O)[C@H]3NC(C)=O)[C@H]2O)[C@@H](O)[C@@H](CO)O[C@@H]1O. The second-order valence-electron chi connectivity index (χ2n) is 31.9. The molecule has 0 saturated carbocycles. The van der Waals surface area contributed by atoms with Gasteiger partial charge in [0.1, 0.15) is 220 Å². The van der Waals surface area contributed by atoms with Gasteiger partial charge in [-0.15, -0.1) is 0 Å². The zero-order valence-electron chi connectivity index (χ0n) is 70.1. The third kappa shape index (κ3) is 27.2. The Labute approximate surface area is 755 Å². The summed E-state index contributed by atoms with van der Waals surface area (Å²) in [6.07, 6.45) is -96.2. The molecule has 134 heavy (non-hydrogen) atoms. The number of ether oxygens (including phenoxy) is 17. The van der Waals surface area contributed by atoms with Gasteiger partial charge >= 0.3 is 37.2 Å². The first kappa shape index (κ1) is 112. The Kier molecular flexibility index (Phi) is 39.9. The lowest BCUT2D eigenvalue weighted by atomic mass is 9.88. The van der Waals surface area contributed by atoms with Crippen LogP contribution in [0, 0.1) is 0 Å². The van der Waals surface area contributed by atoms with Gasteiger partial charge < -0.3 is 230 Å². The van der Waals surface area contributed by atoms with Crippen molar-refractivity contribution in [1.29, 1.82) is 0 Å². The molecular formula is C67H111N5O59S3. The van der Waals surface area contributed by atoms with Crippen LogP contribution in [-0.4, -0.2) is 545 Å². The lowest BCUT2D eigenvalue weighted by Gasteiger charge is -2.51. The number of aliphatic hydroxyl groups excluding tert-OH is 23. The van der Waals surface area contributed by atoms with Gasteiger partial charge in [-0.25, -0.2) is 17.3 Å². The van der Waals surface area contributed by atoms with Crippen molar-refractivity contribution in [1.82, 2.24) is 26.6 Å². The van der Waals surface area contributed by atoms with Crippen molar-refractivity contribution >= 4 is 66.7 Å². The molecule has 67 heteroatoms. The molecule has 0 aromatic carbocycles. The van der Waals surface area contributed by atoms with Gasteiger partial charge in [0.05, 0.1) is 71.6 Å². The van der Waals surface area contributed by atoms with Crippen LogP contribution in [0.25, 0.3) is 0 Å². The van der Waals surface area contributed by atoms with Gasteiger partial charge in [-0.05, 0) is 0 Å². The number of carbonyl (C=O) groups is 6. The summed E-state index contributed by atoms with van der Waals surface area (Å²) in [4.78, 5) is 77.2. The summed E-state index contributed by atoms with van der Waals surface area (Å²) >= 11 is 0. The molecule has 0 bridgehead atoms. The topological polar surface area (TPSA) is 996 Å². The van der Waals surface area contributed by atoms with Gasteiger partial charge in [0.15, 0.2) is 50.3 Å². The van der Waals surface area contributed by atoms with Crippen LogP contribution in [0.3, 0.4) is 0 Å². The molecule has 0 aromatic rings. The molecule has 9 heterocycles. The molecule has 0 radical (unpaired) electrons. The zero-order valence-corrected chi connectivity index (χ0v) is 72.6. The highest BCUT2D eigenvalue weighted by Crippen LogP contribution is 2.43. The second-order valence-corrected chi connectivity index (χ2v) is 35.2. The molecule has 0 spiro atoms. The number of carboxylic acid groups (broad SMARTS) is 1. The highest BCUT2D eigenvalue weighted by Gasteiger charge is 2.64.